The molecule has 3 rings (SSSR count). The van der Waals surface area contributed by atoms with Crippen molar-refractivity contribution in [3.8, 4) is 0 Å². The third-order valence-electron chi connectivity index (χ3n) is 4.09. The summed E-state index contributed by atoms with van der Waals surface area (Å²) >= 11 is 0. The zero-order valence-corrected chi connectivity index (χ0v) is 13.5. The number of nitrogens with zero attached hydrogens (tertiary/aromatic N) is 2. The molecule has 23 heavy (non-hydrogen) atoms. The zero-order chi connectivity index (χ0) is 16.2. The largest absolute Gasteiger partial charge is 0.352 e. The van der Waals surface area contributed by atoms with E-state index in [4.69, 9.17) is 0 Å². The lowest BCUT2D eigenvalue weighted by Crippen LogP contribution is -2.24. The van der Waals surface area contributed by atoms with Crippen LogP contribution >= 0.6 is 0 Å². The molecule has 0 aliphatic heterocycles. The van der Waals surface area contributed by atoms with Crippen LogP contribution in [0.25, 0.3) is 10.9 Å². The topological polar surface area (TPSA) is 46.9 Å². The van der Waals surface area contributed by atoms with E-state index in [0.29, 0.717) is 19.5 Å². The molecule has 118 valence electrons. The number of fused-ring (bicyclic) bond motifs is 1. The van der Waals surface area contributed by atoms with Crippen molar-refractivity contribution in [2.45, 2.75) is 33.4 Å². The Kier molecular flexibility index (Phi) is 4.42. The van der Waals surface area contributed by atoms with Gasteiger partial charge in [0.1, 0.15) is 0 Å². The number of aromatic nitrogens is 2. The van der Waals surface area contributed by atoms with Crippen LogP contribution in [0.4, 0.5) is 0 Å². The highest BCUT2D eigenvalue weighted by Crippen LogP contribution is 2.15. The van der Waals surface area contributed by atoms with Gasteiger partial charge in [0.15, 0.2) is 0 Å². The number of hydrogen-bond acceptors (Lipinski definition) is 2. The molecule has 4 heteroatoms. The van der Waals surface area contributed by atoms with Crippen molar-refractivity contribution in [3.63, 3.8) is 0 Å². The zero-order valence-electron chi connectivity index (χ0n) is 13.5. The maximum absolute atomic E-state index is 12.1. The van der Waals surface area contributed by atoms with E-state index in [2.05, 4.69) is 48.5 Å². The number of rotatable bonds is 5. The fourth-order valence-electron chi connectivity index (χ4n) is 2.68. The SMILES string of the molecule is Cc1ccc2c(cnn2CCC(=O)NCc2ccccc2C)c1. The van der Waals surface area contributed by atoms with Gasteiger partial charge in [-0.15, -0.1) is 0 Å². The van der Waals surface area contributed by atoms with Crippen molar-refractivity contribution >= 4 is 16.8 Å². The van der Waals surface area contributed by atoms with Crippen LogP contribution in [0.15, 0.2) is 48.7 Å². The molecule has 0 spiro atoms. The van der Waals surface area contributed by atoms with E-state index in [0.717, 1.165) is 16.5 Å². The molecule has 0 unspecified atom stereocenters. The summed E-state index contributed by atoms with van der Waals surface area (Å²) in [5.74, 6) is 0.0454. The van der Waals surface area contributed by atoms with E-state index < -0.39 is 0 Å². The molecule has 0 aliphatic rings. The van der Waals surface area contributed by atoms with Crippen LogP contribution in [0.2, 0.25) is 0 Å². The van der Waals surface area contributed by atoms with Gasteiger partial charge in [0, 0.05) is 18.4 Å². The average molecular weight is 307 g/mol. The molecule has 4 nitrogen and oxygen atoms in total. The molecule has 0 saturated heterocycles. The monoisotopic (exact) mass is 307 g/mol. The van der Waals surface area contributed by atoms with Gasteiger partial charge in [-0.3, -0.25) is 9.48 Å². The third-order valence-corrected chi connectivity index (χ3v) is 4.09. The molecule has 0 bridgehead atoms. The van der Waals surface area contributed by atoms with Gasteiger partial charge in [0.2, 0.25) is 5.91 Å². The van der Waals surface area contributed by atoms with Crippen LogP contribution < -0.4 is 5.32 Å². The van der Waals surface area contributed by atoms with Gasteiger partial charge in [-0.05, 0) is 37.1 Å². The number of carbonyl (C=O) groups excluding carboxylic acids is 1. The Hall–Kier alpha value is -2.62. The van der Waals surface area contributed by atoms with Crippen LogP contribution in [-0.2, 0) is 17.9 Å². The molecule has 0 fully saturated rings. The number of hydrogen-bond donors (Lipinski definition) is 1. The highest BCUT2D eigenvalue weighted by molar-refractivity contribution is 5.80. The number of nitrogens with one attached hydrogen (secondary N) is 1. The van der Waals surface area contributed by atoms with Crippen LogP contribution in [0.1, 0.15) is 23.1 Å². The van der Waals surface area contributed by atoms with Crippen LogP contribution in [0, 0.1) is 13.8 Å². The smallest absolute Gasteiger partial charge is 0.222 e. The van der Waals surface area contributed by atoms with Crippen LogP contribution in [-0.4, -0.2) is 15.7 Å². The molecule has 0 atom stereocenters. The Morgan fingerprint density at radius 2 is 2.00 bits per heavy atom. The second-order valence-corrected chi connectivity index (χ2v) is 5.88. The summed E-state index contributed by atoms with van der Waals surface area (Å²) in [6.07, 6.45) is 2.28. The summed E-state index contributed by atoms with van der Waals surface area (Å²) in [5, 5.41) is 8.47. The number of aryl methyl sites for hydroxylation is 3. The maximum Gasteiger partial charge on any atom is 0.222 e. The van der Waals surface area contributed by atoms with Crippen LogP contribution in [0.3, 0.4) is 0 Å². The second-order valence-electron chi connectivity index (χ2n) is 5.88. The first kappa shape index (κ1) is 15.3. The molecule has 1 N–H and O–H groups in total. The van der Waals surface area contributed by atoms with Gasteiger partial charge in [0.05, 0.1) is 18.3 Å². The summed E-state index contributed by atoms with van der Waals surface area (Å²) < 4.78 is 1.89. The lowest BCUT2D eigenvalue weighted by Gasteiger charge is -2.08. The van der Waals surface area contributed by atoms with Crippen molar-refractivity contribution in [1.82, 2.24) is 15.1 Å². The minimum Gasteiger partial charge on any atom is -0.352 e. The van der Waals surface area contributed by atoms with Gasteiger partial charge in [-0.25, -0.2) is 0 Å². The minimum atomic E-state index is 0.0454. The standard InChI is InChI=1S/C19H21N3O/c1-14-7-8-18-17(11-14)13-21-22(18)10-9-19(23)20-12-16-6-4-3-5-15(16)2/h3-8,11,13H,9-10,12H2,1-2H3,(H,20,23). The van der Waals surface area contributed by atoms with Gasteiger partial charge in [-0.1, -0.05) is 35.9 Å². The van der Waals surface area contributed by atoms with E-state index in [1.807, 2.05) is 29.1 Å². The molecule has 3 aromatic rings. The van der Waals surface area contributed by atoms with E-state index in [1.54, 1.807) is 0 Å². The number of benzene rings is 2. The molecule has 1 heterocycles. The van der Waals surface area contributed by atoms with E-state index in [-0.39, 0.29) is 5.91 Å². The molecule has 2 aromatic carbocycles. The van der Waals surface area contributed by atoms with Crippen molar-refractivity contribution in [2.24, 2.45) is 0 Å². The van der Waals surface area contributed by atoms with Gasteiger partial charge < -0.3 is 5.32 Å². The Morgan fingerprint density at radius 3 is 2.83 bits per heavy atom. The Morgan fingerprint density at radius 1 is 1.17 bits per heavy atom. The van der Waals surface area contributed by atoms with Crippen molar-refractivity contribution in [3.05, 3.63) is 65.4 Å². The summed E-state index contributed by atoms with van der Waals surface area (Å²) in [6, 6.07) is 14.3. The summed E-state index contributed by atoms with van der Waals surface area (Å²) in [4.78, 5) is 12.1. The quantitative estimate of drug-likeness (QED) is 0.785. The highest BCUT2D eigenvalue weighted by Gasteiger charge is 2.06. The number of amides is 1. The fourth-order valence-corrected chi connectivity index (χ4v) is 2.68. The predicted octanol–water partition coefficient (Wildman–Crippen LogP) is 3.36. The Bertz CT molecular complexity index is 836. The van der Waals surface area contributed by atoms with Crippen molar-refractivity contribution in [2.75, 3.05) is 0 Å². The van der Waals surface area contributed by atoms with E-state index in [1.165, 1.54) is 11.1 Å². The number of carbonyl (C=O) groups is 1. The van der Waals surface area contributed by atoms with E-state index in [9.17, 15) is 4.79 Å². The lowest BCUT2D eigenvalue weighted by atomic mass is 10.1. The molecular formula is C19H21N3O. The maximum atomic E-state index is 12.1. The molecule has 1 aromatic heterocycles. The van der Waals surface area contributed by atoms with Crippen molar-refractivity contribution < 1.29 is 4.79 Å². The Labute approximate surface area is 136 Å². The fraction of sp³-hybridized carbons (Fsp3) is 0.263. The van der Waals surface area contributed by atoms with Gasteiger partial charge >= 0.3 is 0 Å². The summed E-state index contributed by atoms with van der Waals surface area (Å²) in [6.45, 7) is 5.28. The van der Waals surface area contributed by atoms with Gasteiger partial charge in [-0.2, -0.15) is 5.10 Å². The normalized spacial score (nSPS) is 10.9. The van der Waals surface area contributed by atoms with Gasteiger partial charge in [0.25, 0.3) is 0 Å². The summed E-state index contributed by atoms with van der Waals surface area (Å²) in [5.41, 5.74) is 4.64. The van der Waals surface area contributed by atoms with Crippen LogP contribution in [0.5, 0.6) is 0 Å². The summed E-state index contributed by atoms with van der Waals surface area (Å²) in [7, 11) is 0. The van der Waals surface area contributed by atoms with E-state index >= 15 is 0 Å². The minimum absolute atomic E-state index is 0.0454. The molecule has 0 saturated carbocycles. The lowest BCUT2D eigenvalue weighted by molar-refractivity contribution is -0.121. The second kappa shape index (κ2) is 6.65. The highest BCUT2D eigenvalue weighted by atomic mass is 16.1. The Balaban J connectivity index is 1.57. The third kappa shape index (κ3) is 3.59. The molecular weight excluding hydrogens is 286 g/mol. The first-order valence-electron chi connectivity index (χ1n) is 7.87. The first-order valence-corrected chi connectivity index (χ1v) is 7.87. The predicted molar refractivity (Wildman–Crippen MR) is 92.1 cm³/mol. The average Bonchev–Trinajstić information content (AvgIpc) is 2.94. The molecule has 0 aliphatic carbocycles. The van der Waals surface area contributed by atoms with Crippen molar-refractivity contribution in [1.29, 1.82) is 0 Å². The molecule has 0 radical (unpaired) electrons. The molecule has 1 amide bonds. The first-order chi connectivity index (χ1) is 11.1.